The van der Waals surface area contributed by atoms with Gasteiger partial charge in [0.05, 0.1) is 10.6 Å². The van der Waals surface area contributed by atoms with E-state index in [1.807, 2.05) is 17.8 Å². The van der Waals surface area contributed by atoms with Crippen LogP contribution in [-0.4, -0.2) is 16.8 Å². The molecule has 0 aromatic rings. The predicted molar refractivity (Wildman–Crippen MR) is 53.6 cm³/mol. The van der Waals surface area contributed by atoms with Crippen LogP contribution < -0.4 is 5.73 Å². The zero-order valence-electron chi connectivity index (χ0n) is 6.41. The number of nitrogens with zero attached hydrogens (tertiary/aromatic N) is 1. The number of allylic oxidation sites excluding steroid dienone is 2. The molecule has 62 valence electrons. The third kappa shape index (κ3) is 1.23. The van der Waals surface area contributed by atoms with E-state index in [-0.39, 0.29) is 0 Å². The van der Waals surface area contributed by atoms with Crippen molar-refractivity contribution in [3.63, 3.8) is 0 Å². The number of nitrogens with two attached hydrogens (primary N) is 1. The average Bonchev–Trinajstić information content (AvgIpc) is 2.49. The molecule has 2 rings (SSSR count). The van der Waals surface area contributed by atoms with Gasteiger partial charge in [-0.05, 0) is 11.6 Å². The number of thioether (sulfide) groups is 2. The van der Waals surface area contributed by atoms with E-state index in [0.717, 1.165) is 11.5 Å². The van der Waals surface area contributed by atoms with Crippen LogP contribution in [0, 0.1) is 11.3 Å². The van der Waals surface area contributed by atoms with E-state index < -0.39 is 0 Å². The quantitative estimate of drug-likeness (QED) is 0.637. The Balaban J connectivity index is 2.33. The molecule has 0 aromatic carbocycles. The Kier molecular flexibility index (Phi) is 2.07. The lowest BCUT2D eigenvalue weighted by atomic mass is 10.1. The highest BCUT2D eigenvalue weighted by molar-refractivity contribution is 8.06. The number of hydrogen-bond donors (Lipinski definition) is 1. The summed E-state index contributed by atoms with van der Waals surface area (Å²) in [5.74, 6) is 2.20. The molecule has 2 heterocycles. The van der Waals surface area contributed by atoms with Gasteiger partial charge in [0.25, 0.3) is 0 Å². The Morgan fingerprint density at radius 2 is 2.50 bits per heavy atom. The van der Waals surface area contributed by atoms with Crippen LogP contribution in [0.2, 0.25) is 0 Å². The van der Waals surface area contributed by atoms with Crippen LogP contribution in [0.1, 0.15) is 0 Å². The van der Waals surface area contributed by atoms with Crippen molar-refractivity contribution in [3.05, 3.63) is 22.3 Å². The monoisotopic (exact) mass is 196 g/mol. The van der Waals surface area contributed by atoms with Gasteiger partial charge in [0.2, 0.25) is 0 Å². The van der Waals surface area contributed by atoms with Crippen molar-refractivity contribution in [2.45, 2.75) is 5.25 Å². The maximum atomic E-state index is 8.73. The van der Waals surface area contributed by atoms with Crippen LogP contribution >= 0.6 is 23.5 Å². The summed E-state index contributed by atoms with van der Waals surface area (Å²) in [5.41, 5.74) is 7.73. The highest BCUT2D eigenvalue weighted by Gasteiger charge is 2.27. The molecule has 2 N–H and O–H groups in total. The van der Waals surface area contributed by atoms with E-state index in [0.29, 0.717) is 15.9 Å². The first-order valence-electron chi connectivity index (χ1n) is 3.66. The van der Waals surface area contributed by atoms with Gasteiger partial charge >= 0.3 is 0 Å². The molecule has 0 bridgehead atoms. The van der Waals surface area contributed by atoms with Crippen LogP contribution in [-0.2, 0) is 0 Å². The maximum Gasteiger partial charge on any atom is 0.102 e. The second-order valence-corrected chi connectivity index (χ2v) is 5.01. The lowest BCUT2D eigenvalue weighted by Gasteiger charge is -2.16. The highest BCUT2D eigenvalue weighted by Crippen LogP contribution is 2.39. The van der Waals surface area contributed by atoms with Crippen LogP contribution in [0.4, 0.5) is 0 Å². The second kappa shape index (κ2) is 3.08. The van der Waals surface area contributed by atoms with E-state index in [9.17, 15) is 0 Å². The van der Waals surface area contributed by atoms with Crippen molar-refractivity contribution in [3.8, 4) is 6.07 Å². The Morgan fingerprint density at radius 3 is 3.25 bits per heavy atom. The SMILES string of the molecule is N#CC1=C(N)S[C@@H]2CSCC2=C1. The lowest BCUT2D eigenvalue weighted by Crippen LogP contribution is -2.13. The van der Waals surface area contributed by atoms with E-state index >= 15 is 0 Å². The summed E-state index contributed by atoms with van der Waals surface area (Å²) in [6.07, 6.45) is 1.95. The third-order valence-corrected chi connectivity index (χ3v) is 4.48. The molecule has 4 heteroatoms. The van der Waals surface area contributed by atoms with Gasteiger partial charge in [-0.3, -0.25) is 0 Å². The minimum Gasteiger partial charge on any atom is -0.392 e. The summed E-state index contributed by atoms with van der Waals surface area (Å²) < 4.78 is 0. The molecule has 12 heavy (non-hydrogen) atoms. The van der Waals surface area contributed by atoms with Crippen LogP contribution in [0.3, 0.4) is 0 Å². The number of hydrogen-bond acceptors (Lipinski definition) is 4. The van der Waals surface area contributed by atoms with Crippen LogP contribution in [0.25, 0.3) is 0 Å². The number of fused-ring (bicyclic) bond motifs is 1. The van der Waals surface area contributed by atoms with E-state index in [1.165, 1.54) is 5.57 Å². The van der Waals surface area contributed by atoms with Crippen molar-refractivity contribution >= 4 is 23.5 Å². The van der Waals surface area contributed by atoms with Crippen molar-refractivity contribution in [2.75, 3.05) is 11.5 Å². The molecule has 0 saturated carbocycles. The summed E-state index contributed by atoms with van der Waals surface area (Å²) in [6.45, 7) is 0. The molecular formula is C8H8N2S2. The predicted octanol–water partition coefficient (Wildman–Crippen LogP) is 1.47. The van der Waals surface area contributed by atoms with Gasteiger partial charge < -0.3 is 5.73 Å². The first-order chi connectivity index (χ1) is 5.81. The third-order valence-electron chi connectivity index (χ3n) is 1.94. The normalized spacial score (nSPS) is 27.9. The molecule has 1 fully saturated rings. The fourth-order valence-electron chi connectivity index (χ4n) is 1.29. The highest BCUT2D eigenvalue weighted by atomic mass is 32.2. The molecule has 0 amide bonds. The average molecular weight is 196 g/mol. The minimum absolute atomic E-state index is 0.534. The maximum absolute atomic E-state index is 8.73. The Labute approximate surface area is 79.9 Å². The first-order valence-corrected chi connectivity index (χ1v) is 5.69. The zero-order chi connectivity index (χ0) is 8.55. The number of rotatable bonds is 0. The molecule has 0 unspecified atom stereocenters. The summed E-state index contributed by atoms with van der Waals surface area (Å²) in [4.78, 5) is 0. The largest absolute Gasteiger partial charge is 0.392 e. The van der Waals surface area contributed by atoms with Gasteiger partial charge in [0.1, 0.15) is 6.07 Å². The Hall–Kier alpha value is -0.530. The number of nitriles is 1. The van der Waals surface area contributed by atoms with Crippen molar-refractivity contribution < 1.29 is 0 Å². The summed E-state index contributed by atoms with van der Waals surface area (Å²) in [6, 6.07) is 2.11. The van der Waals surface area contributed by atoms with Crippen molar-refractivity contribution in [2.24, 2.45) is 5.73 Å². The zero-order valence-corrected chi connectivity index (χ0v) is 8.04. The molecular weight excluding hydrogens is 188 g/mol. The van der Waals surface area contributed by atoms with Gasteiger partial charge in [0, 0.05) is 16.8 Å². The smallest absolute Gasteiger partial charge is 0.102 e. The first kappa shape index (κ1) is 8.09. The molecule has 0 aromatic heterocycles. The summed E-state index contributed by atoms with van der Waals surface area (Å²) >= 11 is 3.55. The van der Waals surface area contributed by atoms with Gasteiger partial charge in [-0.2, -0.15) is 17.0 Å². The van der Waals surface area contributed by atoms with Crippen molar-refractivity contribution in [1.29, 1.82) is 5.26 Å². The Morgan fingerprint density at radius 1 is 1.67 bits per heavy atom. The summed E-state index contributed by atoms with van der Waals surface area (Å²) in [7, 11) is 0. The van der Waals surface area contributed by atoms with E-state index in [1.54, 1.807) is 11.8 Å². The minimum atomic E-state index is 0.534. The standard InChI is InChI=1S/C8H8N2S2/c9-2-5-1-6-3-11-4-7(6)12-8(5)10/h1,7H,3-4,10H2/t7-/m1/s1. The molecule has 0 radical (unpaired) electrons. The Bertz CT molecular complexity index is 312. The van der Waals surface area contributed by atoms with E-state index in [2.05, 4.69) is 6.07 Å². The molecule has 2 aliphatic rings. The summed E-state index contributed by atoms with van der Waals surface area (Å²) in [5, 5.41) is 9.95. The molecule has 2 nitrogen and oxygen atoms in total. The second-order valence-electron chi connectivity index (χ2n) is 2.73. The molecule has 1 atom stereocenters. The van der Waals surface area contributed by atoms with Gasteiger partial charge in [-0.25, -0.2) is 0 Å². The van der Waals surface area contributed by atoms with Gasteiger partial charge in [0.15, 0.2) is 0 Å². The lowest BCUT2D eigenvalue weighted by molar-refractivity contribution is 1.17. The fourth-order valence-corrected chi connectivity index (χ4v) is 3.86. The van der Waals surface area contributed by atoms with Crippen LogP contribution in [0.5, 0.6) is 0 Å². The van der Waals surface area contributed by atoms with Gasteiger partial charge in [-0.15, -0.1) is 0 Å². The molecule has 0 spiro atoms. The van der Waals surface area contributed by atoms with E-state index in [4.69, 9.17) is 11.0 Å². The topological polar surface area (TPSA) is 49.8 Å². The molecule has 0 aliphatic carbocycles. The fraction of sp³-hybridized carbons (Fsp3) is 0.375. The molecule has 1 saturated heterocycles. The molecule has 2 aliphatic heterocycles. The van der Waals surface area contributed by atoms with Crippen LogP contribution in [0.15, 0.2) is 22.3 Å². The van der Waals surface area contributed by atoms with Crippen molar-refractivity contribution in [1.82, 2.24) is 0 Å². The van der Waals surface area contributed by atoms with Gasteiger partial charge in [-0.1, -0.05) is 11.8 Å².